The number of anilines is 2. The highest BCUT2D eigenvalue weighted by atomic mass is 32.2. The van der Waals surface area contributed by atoms with Crippen molar-refractivity contribution in [2.24, 2.45) is 10.2 Å². The number of hydrogen-bond acceptors (Lipinski definition) is 7. The maximum atomic E-state index is 12.9. The molecule has 0 aliphatic rings. The maximum absolute atomic E-state index is 12.9. The highest BCUT2D eigenvalue weighted by Gasteiger charge is 2.17. The quantitative estimate of drug-likeness (QED) is 0.478. The Morgan fingerprint density at radius 1 is 1.07 bits per heavy atom. The summed E-state index contributed by atoms with van der Waals surface area (Å²) in [7, 11) is -3.76. The summed E-state index contributed by atoms with van der Waals surface area (Å²) >= 11 is 1.36. The van der Waals surface area contributed by atoms with Gasteiger partial charge in [0, 0.05) is 30.4 Å². The van der Waals surface area contributed by atoms with E-state index >= 15 is 0 Å². The van der Waals surface area contributed by atoms with Gasteiger partial charge in [0.05, 0.1) is 10.6 Å². The fraction of sp³-hybridized carbons (Fsp3) is 0.250. The summed E-state index contributed by atoms with van der Waals surface area (Å²) in [6, 6.07) is 12.2. The molecule has 29 heavy (non-hydrogen) atoms. The van der Waals surface area contributed by atoms with Gasteiger partial charge in [0.2, 0.25) is 5.13 Å². The summed E-state index contributed by atoms with van der Waals surface area (Å²) in [5.74, 6) is 0. The van der Waals surface area contributed by atoms with E-state index in [9.17, 15) is 8.42 Å². The summed E-state index contributed by atoms with van der Waals surface area (Å²) in [5.41, 5.74) is 2.69. The number of hydrogen-bond donors (Lipinski definition) is 1. The smallest absolute Gasteiger partial charge is 0.261 e. The van der Waals surface area contributed by atoms with Gasteiger partial charge in [0.25, 0.3) is 10.0 Å². The zero-order valence-corrected chi connectivity index (χ0v) is 18.2. The molecule has 0 saturated carbocycles. The fourth-order valence-electron chi connectivity index (χ4n) is 2.76. The van der Waals surface area contributed by atoms with E-state index in [2.05, 4.69) is 38.7 Å². The van der Waals surface area contributed by atoms with Gasteiger partial charge in [-0.25, -0.2) is 13.4 Å². The number of rotatable bonds is 8. The third-order valence-corrected chi connectivity index (χ3v) is 6.38. The zero-order valence-electron chi connectivity index (χ0n) is 16.5. The SMILES string of the molecule is CCN(CC)c1ccc(N=Nc2nccs2)c(NS(=O)(=O)c2ccc(C)cc2)c1. The molecule has 1 aromatic heterocycles. The fourth-order valence-corrected chi connectivity index (χ4v) is 4.28. The first-order valence-corrected chi connectivity index (χ1v) is 11.6. The Morgan fingerprint density at radius 2 is 1.79 bits per heavy atom. The largest absolute Gasteiger partial charge is 0.372 e. The average molecular weight is 430 g/mol. The van der Waals surface area contributed by atoms with Gasteiger partial charge in [-0.15, -0.1) is 21.6 Å². The van der Waals surface area contributed by atoms with E-state index in [1.165, 1.54) is 11.3 Å². The number of thiazole rings is 1. The molecule has 0 aliphatic heterocycles. The van der Waals surface area contributed by atoms with Gasteiger partial charge in [-0.2, -0.15) is 0 Å². The first kappa shape index (κ1) is 20.9. The topological polar surface area (TPSA) is 87.0 Å². The molecule has 0 saturated heterocycles. The number of aromatic nitrogens is 1. The van der Waals surface area contributed by atoms with Gasteiger partial charge in [-0.3, -0.25) is 4.72 Å². The van der Waals surface area contributed by atoms with Crippen molar-refractivity contribution in [3.8, 4) is 0 Å². The molecular formula is C20H23N5O2S2. The molecule has 0 spiro atoms. The Bertz CT molecular complexity index is 1070. The van der Waals surface area contributed by atoms with E-state index in [4.69, 9.17) is 0 Å². The van der Waals surface area contributed by atoms with Crippen LogP contribution in [-0.2, 0) is 10.0 Å². The van der Waals surface area contributed by atoms with Crippen molar-refractivity contribution in [2.75, 3.05) is 22.7 Å². The van der Waals surface area contributed by atoms with Crippen molar-refractivity contribution < 1.29 is 8.42 Å². The summed E-state index contributed by atoms with van der Waals surface area (Å²) in [5, 5.41) is 10.6. The summed E-state index contributed by atoms with van der Waals surface area (Å²) in [4.78, 5) is 6.40. The number of aryl methyl sites for hydroxylation is 1. The molecule has 1 N–H and O–H groups in total. The zero-order chi connectivity index (χ0) is 20.9. The summed E-state index contributed by atoms with van der Waals surface area (Å²) in [6.45, 7) is 7.63. The van der Waals surface area contributed by atoms with Crippen LogP contribution in [0.1, 0.15) is 19.4 Å². The molecule has 152 valence electrons. The normalized spacial score (nSPS) is 11.7. The van der Waals surface area contributed by atoms with Crippen LogP contribution in [0.3, 0.4) is 0 Å². The number of nitrogens with one attached hydrogen (secondary N) is 1. The van der Waals surface area contributed by atoms with Gasteiger partial charge in [0.1, 0.15) is 5.69 Å². The molecule has 2 aromatic carbocycles. The minimum absolute atomic E-state index is 0.194. The van der Waals surface area contributed by atoms with Gasteiger partial charge >= 0.3 is 0 Å². The lowest BCUT2D eigenvalue weighted by Gasteiger charge is -2.22. The molecule has 0 amide bonds. The molecule has 0 atom stereocenters. The van der Waals surface area contributed by atoms with E-state index < -0.39 is 10.0 Å². The Morgan fingerprint density at radius 3 is 2.41 bits per heavy atom. The lowest BCUT2D eigenvalue weighted by Crippen LogP contribution is -2.22. The minimum Gasteiger partial charge on any atom is -0.372 e. The van der Waals surface area contributed by atoms with Gasteiger partial charge in [0.15, 0.2) is 0 Å². The molecular weight excluding hydrogens is 406 g/mol. The van der Waals surface area contributed by atoms with Gasteiger partial charge in [-0.1, -0.05) is 17.7 Å². The maximum Gasteiger partial charge on any atom is 0.261 e. The first-order valence-electron chi connectivity index (χ1n) is 9.22. The van der Waals surface area contributed by atoms with E-state index in [0.717, 1.165) is 24.3 Å². The Balaban J connectivity index is 2.00. The van der Waals surface area contributed by atoms with Crippen LogP contribution in [-0.4, -0.2) is 26.5 Å². The van der Waals surface area contributed by atoms with Crippen LogP contribution in [0.15, 0.2) is 69.2 Å². The van der Waals surface area contributed by atoms with Crippen LogP contribution in [0.2, 0.25) is 0 Å². The Kier molecular flexibility index (Phi) is 6.60. The van der Waals surface area contributed by atoms with Crippen LogP contribution in [0, 0.1) is 6.92 Å². The highest BCUT2D eigenvalue weighted by Crippen LogP contribution is 2.33. The van der Waals surface area contributed by atoms with E-state index in [-0.39, 0.29) is 4.90 Å². The predicted molar refractivity (Wildman–Crippen MR) is 118 cm³/mol. The molecule has 0 aliphatic carbocycles. The van der Waals surface area contributed by atoms with E-state index in [1.807, 2.05) is 13.0 Å². The Hall–Kier alpha value is -2.78. The number of azo groups is 1. The second-order valence-electron chi connectivity index (χ2n) is 6.31. The lowest BCUT2D eigenvalue weighted by molar-refractivity contribution is 0.601. The van der Waals surface area contributed by atoms with Crippen molar-refractivity contribution in [1.29, 1.82) is 0 Å². The minimum atomic E-state index is -3.76. The molecule has 0 radical (unpaired) electrons. The highest BCUT2D eigenvalue weighted by molar-refractivity contribution is 7.92. The number of benzene rings is 2. The number of sulfonamides is 1. The molecule has 3 aromatic rings. The molecule has 1 heterocycles. The van der Waals surface area contributed by atoms with Gasteiger partial charge in [-0.05, 0) is 51.1 Å². The van der Waals surface area contributed by atoms with Crippen LogP contribution in [0.25, 0.3) is 0 Å². The first-order chi connectivity index (χ1) is 13.9. The van der Waals surface area contributed by atoms with E-state index in [0.29, 0.717) is 16.5 Å². The molecule has 3 rings (SSSR count). The third kappa shape index (κ3) is 5.18. The molecule has 0 fully saturated rings. The summed E-state index contributed by atoms with van der Waals surface area (Å²) in [6.07, 6.45) is 1.64. The van der Waals surface area contributed by atoms with Crippen LogP contribution in [0.4, 0.5) is 22.2 Å². The second-order valence-corrected chi connectivity index (χ2v) is 8.86. The third-order valence-electron chi connectivity index (χ3n) is 4.35. The predicted octanol–water partition coefficient (Wildman–Crippen LogP) is 5.51. The standard InChI is InChI=1S/C20H23N5O2S2/c1-4-25(5-2)16-8-11-18(22-23-20-21-12-13-28-20)19(14-16)24-29(26,27)17-9-6-15(3)7-10-17/h6-14,24H,4-5H2,1-3H3. The van der Waals surface area contributed by atoms with Crippen molar-refractivity contribution in [3.05, 3.63) is 59.6 Å². The van der Waals surface area contributed by atoms with Crippen LogP contribution in [0.5, 0.6) is 0 Å². The van der Waals surface area contributed by atoms with E-state index in [1.54, 1.807) is 48.0 Å². The number of nitrogens with zero attached hydrogens (tertiary/aromatic N) is 4. The second kappa shape index (κ2) is 9.15. The monoisotopic (exact) mass is 429 g/mol. The van der Waals surface area contributed by atoms with Crippen LogP contribution < -0.4 is 9.62 Å². The Labute approximate surface area is 175 Å². The molecule has 0 unspecified atom stereocenters. The molecule has 7 nitrogen and oxygen atoms in total. The summed E-state index contributed by atoms with van der Waals surface area (Å²) < 4.78 is 28.5. The van der Waals surface area contributed by atoms with Crippen LogP contribution >= 0.6 is 11.3 Å². The van der Waals surface area contributed by atoms with Crippen molar-refractivity contribution in [1.82, 2.24) is 4.98 Å². The average Bonchev–Trinajstić information content (AvgIpc) is 3.22. The van der Waals surface area contributed by atoms with Crippen molar-refractivity contribution in [3.63, 3.8) is 0 Å². The van der Waals surface area contributed by atoms with Gasteiger partial charge < -0.3 is 4.90 Å². The lowest BCUT2D eigenvalue weighted by atomic mass is 10.2. The van der Waals surface area contributed by atoms with Crippen molar-refractivity contribution in [2.45, 2.75) is 25.7 Å². The molecule has 0 bridgehead atoms. The van der Waals surface area contributed by atoms with Crippen molar-refractivity contribution >= 4 is 43.6 Å². The molecule has 9 heteroatoms.